The highest BCUT2D eigenvalue weighted by Gasteiger charge is 2.18. The molecule has 5 nitrogen and oxygen atoms in total. The molecule has 1 unspecified atom stereocenters. The Labute approximate surface area is 127 Å². The molecule has 112 valence electrons. The summed E-state index contributed by atoms with van der Waals surface area (Å²) in [6, 6.07) is 7.23. The number of carbonyl (C=O) groups excluding carboxylic acids is 1. The lowest BCUT2D eigenvalue weighted by Crippen LogP contribution is -2.38. The van der Waals surface area contributed by atoms with Crippen molar-refractivity contribution in [2.24, 2.45) is 0 Å². The molecule has 2 heterocycles. The molecule has 0 spiro atoms. The molecule has 1 N–H and O–H groups in total. The topological polar surface area (TPSA) is 62.5 Å². The van der Waals surface area contributed by atoms with Gasteiger partial charge in [-0.2, -0.15) is 0 Å². The maximum Gasteiger partial charge on any atom is 0.352 e. The normalized spacial score (nSPS) is 12.1. The van der Waals surface area contributed by atoms with Crippen LogP contribution in [0.15, 0.2) is 35.8 Å². The Bertz CT molecular complexity index is 619. The second-order valence-corrected chi connectivity index (χ2v) is 6.00. The highest BCUT2D eigenvalue weighted by Crippen LogP contribution is 2.14. The van der Waals surface area contributed by atoms with Crippen LogP contribution in [0.4, 0.5) is 0 Å². The van der Waals surface area contributed by atoms with Crippen LogP contribution < -0.4 is 0 Å². The SMILES string of the molecule is CC(Cc1cccs1)N(C)C(=O)Cn1cccc1C(=O)O. The number of amides is 1. The zero-order valence-electron chi connectivity index (χ0n) is 12.0. The number of hydrogen-bond donors (Lipinski definition) is 1. The maximum absolute atomic E-state index is 12.3. The average molecular weight is 306 g/mol. The molecular formula is C15H18N2O3S. The van der Waals surface area contributed by atoms with Crippen LogP contribution in [0.25, 0.3) is 0 Å². The maximum atomic E-state index is 12.3. The van der Waals surface area contributed by atoms with Crippen molar-refractivity contribution in [2.45, 2.75) is 25.9 Å². The highest BCUT2D eigenvalue weighted by atomic mass is 32.1. The lowest BCUT2D eigenvalue weighted by molar-refractivity contribution is -0.132. The number of rotatable bonds is 6. The van der Waals surface area contributed by atoms with Gasteiger partial charge in [0.25, 0.3) is 0 Å². The summed E-state index contributed by atoms with van der Waals surface area (Å²) in [7, 11) is 1.75. The smallest absolute Gasteiger partial charge is 0.352 e. The van der Waals surface area contributed by atoms with E-state index in [1.54, 1.807) is 35.5 Å². The second-order valence-electron chi connectivity index (χ2n) is 4.96. The number of nitrogens with zero attached hydrogens (tertiary/aromatic N) is 2. The fourth-order valence-electron chi connectivity index (χ4n) is 2.11. The zero-order chi connectivity index (χ0) is 15.4. The summed E-state index contributed by atoms with van der Waals surface area (Å²) in [5.74, 6) is -1.13. The molecule has 0 bridgehead atoms. The summed E-state index contributed by atoms with van der Waals surface area (Å²) in [4.78, 5) is 26.2. The van der Waals surface area contributed by atoms with E-state index in [4.69, 9.17) is 5.11 Å². The van der Waals surface area contributed by atoms with E-state index in [0.717, 1.165) is 6.42 Å². The summed E-state index contributed by atoms with van der Waals surface area (Å²) in [5.41, 5.74) is 0.127. The fraction of sp³-hybridized carbons (Fsp3) is 0.333. The first-order valence-corrected chi connectivity index (χ1v) is 7.53. The van der Waals surface area contributed by atoms with Gasteiger partial charge in [-0.05, 0) is 30.5 Å². The molecule has 0 aliphatic carbocycles. The molecule has 0 fully saturated rings. The van der Waals surface area contributed by atoms with E-state index in [-0.39, 0.29) is 24.2 Å². The molecule has 2 aromatic rings. The van der Waals surface area contributed by atoms with E-state index >= 15 is 0 Å². The number of carboxylic acids is 1. The van der Waals surface area contributed by atoms with Gasteiger partial charge in [0.05, 0.1) is 0 Å². The van der Waals surface area contributed by atoms with Crippen molar-refractivity contribution in [3.8, 4) is 0 Å². The largest absolute Gasteiger partial charge is 0.477 e. The van der Waals surface area contributed by atoms with Crippen LogP contribution in [0, 0.1) is 0 Å². The molecule has 0 aliphatic rings. The molecule has 0 saturated heterocycles. The number of thiophene rings is 1. The Balaban J connectivity index is 1.98. The first kappa shape index (κ1) is 15.3. The van der Waals surface area contributed by atoms with Gasteiger partial charge in [0.1, 0.15) is 12.2 Å². The van der Waals surface area contributed by atoms with Crippen LogP contribution in [0.2, 0.25) is 0 Å². The first-order chi connectivity index (χ1) is 9.99. The monoisotopic (exact) mass is 306 g/mol. The van der Waals surface area contributed by atoms with Crippen molar-refractivity contribution in [3.63, 3.8) is 0 Å². The fourth-order valence-corrected chi connectivity index (χ4v) is 2.93. The molecule has 2 rings (SSSR count). The lowest BCUT2D eigenvalue weighted by atomic mass is 10.2. The molecule has 0 saturated carbocycles. The Hall–Kier alpha value is -2.08. The average Bonchev–Trinajstić information content (AvgIpc) is 3.08. The van der Waals surface area contributed by atoms with Gasteiger partial charge in [0, 0.05) is 30.6 Å². The minimum atomic E-state index is -1.03. The third-order valence-electron chi connectivity index (χ3n) is 3.49. The van der Waals surface area contributed by atoms with Crippen LogP contribution in [0.1, 0.15) is 22.3 Å². The van der Waals surface area contributed by atoms with Gasteiger partial charge in [-0.25, -0.2) is 4.79 Å². The molecule has 1 atom stereocenters. The summed E-state index contributed by atoms with van der Waals surface area (Å²) in [6.45, 7) is 2.03. The number of likely N-dealkylation sites (N-methyl/N-ethyl adjacent to an activating group) is 1. The quantitative estimate of drug-likeness (QED) is 0.891. The highest BCUT2D eigenvalue weighted by molar-refractivity contribution is 7.09. The van der Waals surface area contributed by atoms with Gasteiger partial charge in [0.2, 0.25) is 5.91 Å². The number of aromatic nitrogens is 1. The van der Waals surface area contributed by atoms with Crippen molar-refractivity contribution in [3.05, 3.63) is 46.4 Å². The predicted molar refractivity (Wildman–Crippen MR) is 81.6 cm³/mol. The van der Waals surface area contributed by atoms with Crippen LogP contribution in [-0.4, -0.2) is 39.5 Å². The van der Waals surface area contributed by atoms with Crippen LogP contribution >= 0.6 is 11.3 Å². The van der Waals surface area contributed by atoms with Gasteiger partial charge >= 0.3 is 5.97 Å². The standard InChI is InChI=1S/C15H18N2O3S/c1-11(9-12-5-4-8-21-12)16(2)14(18)10-17-7-3-6-13(17)15(19)20/h3-8,11H,9-10H2,1-2H3,(H,19,20). The van der Waals surface area contributed by atoms with E-state index in [1.165, 1.54) is 15.5 Å². The summed E-state index contributed by atoms with van der Waals surface area (Å²) >= 11 is 1.67. The van der Waals surface area contributed by atoms with Crippen molar-refractivity contribution in [2.75, 3.05) is 7.05 Å². The Morgan fingerprint density at radius 2 is 2.14 bits per heavy atom. The van der Waals surface area contributed by atoms with Gasteiger partial charge in [0.15, 0.2) is 0 Å². The zero-order valence-corrected chi connectivity index (χ0v) is 12.8. The molecule has 2 aromatic heterocycles. The molecule has 0 radical (unpaired) electrons. The van der Waals surface area contributed by atoms with Gasteiger partial charge < -0.3 is 14.6 Å². The van der Waals surface area contributed by atoms with Gasteiger partial charge in [-0.15, -0.1) is 11.3 Å². The van der Waals surface area contributed by atoms with E-state index < -0.39 is 5.97 Å². The van der Waals surface area contributed by atoms with Gasteiger partial charge in [-0.3, -0.25) is 4.79 Å². The molecule has 1 amide bonds. The Kier molecular flexibility index (Phi) is 4.80. The number of carboxylic acid groups (broad SMARTS) is 1. The van der Waals surface area contributed by atoms with Crippen LogP contribution in [0.5, 0.6) is 0 Å². The van der Waals surface area contributed by atoms with Crippen molar-refractivity contribution in [1.29, 1.82) is 0 Å². The van der Waals surface area contributed by atoms with Gasteiger partial charge in [-0.1, -0.05) is 6.07 Å². The Morgan fingerprint density at radius 1 is 1.38 bits per heavy atom. The van der Waals surface area contributed by atoms with Crippen molar-refractivity contribution < 1.29 is 14.7 Å². The second kappa shape index (κ2) is 6.58. The van der Waals surface area contributed by atoms with Crippen molar-refractivity contribution >= 4 is 23.2 Å². The minimum absolute atomic E-state index is 0.0416. The summed E-state index contributed by atoms with van der Waals surface area (Å²) in [5, 5.41) is 11.1. The van der Waals surface area contributed by atoms with Crippen LogP contribution in [-0.2, 0) is 17.8 Å². The number of aromatic carboxylic acids is 1. The van der Waals surface area contributed by atoms with E-state index in [1.807, 2.05) is 24.4 Å². The predicted octanol–water partition coefficient (Wildman–Crippen LogP) is 2.34. The van der Waals surface area contributed by atoms with E-state index in [9.17, 15) is 9.59 Å². The molecule has 0 aromatic carbocycles. The number of carbonyl (C=O) groups is 2. The third-order valence-corrected chi connectivity index (χ3v) is 4.38. The van der Waals surface area contributed by atoms with E-state index in [2.05, 4.69) is 0 Å². The molecule has 6 heteroatoms. The van der Waals surface area contributed by atoms with Crippen LogP contribution in [0.3, 0.4) is 0 Å². The summed E-state index contributed by atoms with van der Waals surface area (Å²) in [6.07, 6.45) is 2.41. The molecular weight excluding hydrogens is 288 g/mol. The minimum Gasteiger partial charge on any atom is -0.477 e. The lowest BCUT2D eigenvalue weighted by Gasteiger charge is -2.25. The Morgan fingerprint density at radius 3 is 2.76 bits per heavy atom. The van der Waals surface area contributed by atoms with E-state index in [0.29, 0.717) is 0 Å². The number of hydrogen-bond acceptors (Lipinski definition) is 3. The summed E-state index contributed by atoms with van der Waals surface area (Å²) < 4.78 is 1.46. The van der Waals surface area contributed by atoms with Crippen molar-refractivity contribution in [1.82, 2.24) is 9.47 Å². The first-order valence-electron chi connectivity index (χ1n) is 6.65. The third kappa shape index (κ3) is 3.72. The molecule has 0 aliphatic heterocycles. The molecule has 21 heavy (non-hydrogen) atoms.